The Morgan fingerprint density at radius 2 is 1.79 bits per heavy atom. The van der Waals surface area contributed by atoms with Gasteiger partial charge < -0.3 is 19.9 Å². The van der Waals surface area contributed by atoms with E-state index in [1.165, 1.54) is 24.3 Å². The highest BCUT2D eigenvalue weighted by Gasteiger charge is 2.21. The summed E-state index contributed by atoms with van der Waals surface area (Å²) < 4.78 is 18.7. The van der Waals surface area contributed by atoms with Gasteiger partial charge in [-0.25, -0.2) is 4.39 Å². The molecule has 0 saturated carbocycles. The van der Waals surface area contributed by atoms with E-state index in [0.29, 0.717) is 30.9 Å². The Hall–Kier alpha value is -2.93. The summed E-state index contributed by atoms with van der Waals surface area (Å²) in [5.41, 5.74) is 1.23. The second kappa shape index (κ2) is 10.0. The molecule has 29 heavy (non-hydrogen) atoms. The van der Waals surface area contributed by atoms with Crippen LogP contribution in [0.5, 0.6) is 5.75 Å². The first kappa shape index (κ1) is 20.8. The molecule has 0 atom stereocenters. The van der Waals surface area contributed by atoms with Crippen LogP contribution in [0.15, 0.2) is 48.5 Å². The topological polar surface area (TPSA) is 61.9 Å². The number of nitrogens with zero attached hydrogens (tertiary/aromatic N) is 2. The van der Waals surface area contributed by atoms with E-state index in [2.05, 4.69) is 5.32 Å². The summed E-state index contributed by atoms with van der Waals surface area (Å²) in [5.74, 6) is 0.0667. The van der Waals surface area contributed by atoms with Crippen molar-refractivity contribution in [2.75, 3.05) is 39.8 Å². The summed E-state index contributed by atoms with van der Waals surface area (Å²) in [4.78, 5) is 29.1. The van der Waals surface area contributed by atoms with Gasteiger partial charge in [0, 0.05) is 56.8 Å². The number of nitrogens with one attached hydrogen (secondary N) is 1. The maximum Gasteiger partial charge on any atom is 0.254 e. The smallest absolute Gasteiger partial charge is 0.254 e. The SMILES string of the molecule is COc1ccccc1CN(CCC(=O)N1CCNCC1)C(=O)c1ccc(F)cc1. The number of halogens is 1. The third-order valence-electron chi connectivity index (χ3n) is 5.00. The van der Waals surface area contributed by atoms with E-state index in [4.69, 9.17) is 4.74 Å². The number of hydrogen-bond donors (Lipinski definition) is 1. The van der Waals surface area contributed by atoms with Crippen LogP contribution in [0.2, 0.25) is 0 Å². The van der Waals surface area contributed by atoms with Crippen molar-refractivity contribution in [2.45, 2.75) is 13.0 Å². The van der Waals surface area contributed by atoms with Crippen molar-refractivity contribution < 1.29 is 18.7 Å². The lowest BCUT2D eigenvalue weighted by atomic mass is 10.1. The van der Waals surface area contributed by atoms with Gasteiger partial charge in [0.2, 0.25) is 5.91 Å². The minimum absolute atomic E-state index is 0.0310. The number of methoxy groups -OCH3 is 1. The summed E-state index contributed by atoms with van der Waals surface area (Å²) in [5, 5.41) is 3.22. The number of hydrogen-bond acceptors (Lipinski definition) is 4. The van der Waals surface area contributed by atoms with Crippen LogP contribution in [0, 0.1) is 5.82 Å². The first-order valence-electron chi connectivity index (χ1n) is 9.73. The van der Waals surface area contributed by atoms with Gasteiger partial charge in [-0.05, 0) is 30.3 Å². The molecule has 2 aromatic rings. The summed E-state index contributed by atoms with van der Waals surface area (Å²) >= 11 is 0. The van der Waals surface area contributed by atoms with Crippen LogP contribution in [0.25, 0.3) is 0 Å². The van der Waals surface area contributed by atoms with E-state index in [0.717, 1.165) is 18.7 Å². The minimum atomic E-state index is -0.397. The molecule has 0 aromatic heterocycles. The Balaban J connectivity index is 1.75. The maximum atomic E-state index is 13.3. The summed E-state index contributed by atoms with van der Waals surface area (Å²) in [7, 11) is 1.58. The van der Waals surface area contributed by atoms with Crippen LogP contribution in [-0.2, 0) is 11.3 Å². The Kier molecular flexibility index (Phi) is 7.19. The van der Waals surface area contributed by atoms with E-state index >= 15 is 0 Å². The molecule has 0 bridgehead atoms. The lowest BCUT2D eigenvalue weighted by molar-refractivity contribution is -0.132. The average molecular weight is 399 g/mol. The number of ether oxygens (including phenoxy) is 1. The van der Waals surface area contributed by atoms with E-state index in [1.807, 2.05) is 29.2 Å². The molecule has 0 unspecified atom stereocenters. The van der Waals surface area contributed by atoms with Gasteiger partial charge in [0.05, 0.1) is 7.11 Å². The molecule has 154 valence electrons. The number of carbonyl (C=O) groups excluding carboxylic acids is 2. The molecule has 7 heteroatoms. The van der Waals surface area contributed by atoms with Crippen molar-refractivity contribution in [1.82, 2.24) is 15.1 Å². The highest BCUT2D eigenvalue weighted by molar-refractivity contribution is 5.94. The molecular formula is C22H26FN3O3. The van der Waals surface area contributed by atoms with Crippen LogP contribution >= 0.6 is 0 Å². The second-order valence-electron chi connectivity index (χ2n) is 6.93. The van der Waals surface area contributed by atoms with E-state index in [1.54, 1.807) is 12.0 Å². The van der Waals surface area contributed by atoms with Gasteiger partial charge in [0.25, 0.3) is 5.91 Å². The Morgan fingerprint density at radius 3 is 2.48 bits per heavy atom. The summed E-state index contributed by atoms with van der Waals surface area (Å²) in [6.07, 6.45) is 0.238. The Bertz CT molecular complexity index is 835. The fourth-order valence-corrected chi connectivity index (χ4v) is 3.37. The van der Waals surface area contributed by atoms with E-state index in [9.17, 15) is 14.0 Å². The van der Waals surface area contributed by atoms with Crippen molar-refractivity contribution in [2.24, 2.45) is 0 Å². The van der Waals surface area contributed by atoms with Crippen molar-refractivity contribution in [3.8, 4) is 5.75 Å². The van der Waals surface area contributed by atoms with E-state index < -0.39 is 5.82 Å². The Morgan fingerprint density at radius 1 is 1.10 bits per heavy atom. The van der Waals surface area contributed by atoms with E-state index in [-0.39, 0.29) is 24.8 Å². The predicted molar refractivity (Wildman–Crippen MR) is 108 cm³/mol. The first-order valence-corrected chi connectivity index (χ1v) is 9.73. The highest BCUT2D eigenvalue weighted by Crippen LogP contribution is 2.21. The van der Waals surface area contributed by atoms with Crippen molar-refractivity contribution in [3.63, 3.8) is 0 Å². The van der Waals surface area contributed by atoms with Crippen LogP contribution in [-0.4, -0.2) is 61.4 Å². The molecule has 0 aliphatic carbocycles. The molecule has 1 fully saturated rings. The molecule has 6 nitrogen and oxygen atoms in total. The second-order valence-corrected chi connectivity index (χ2v) is 6.93. The largest absolute Gasteiger partial charge is 0.496 e. The van der Waals surface area contributed by atoms with Crippen LogP contribution in [0.3, 0.4) is 0 Å². The monoisotopic (exact) mass is 399 g/mol. The lowest BCUT2D eigenvalue weighted by Crippen LogP contribution is -2.47. The van der Waals surface area contributed by atoms with Gasteiger partial charge in [-0.3, -0.25) is 9.59 Å². The fraction of sp³-hybridized carbons (Fsp3) is 0.364. The van der Waals surface area contributed by atoms with Crippen molar-refractivity contribution in [1.29, 1.82) is 0 Å². The molecule has 1 N–H and O–H groups in total. The minimum Gasteiger partial charge on any atom is -0.496 e. The highest BCUT2D eigenvalue weighted by atomic mass is 19.1. The lowest BCUT2D eigenvalue weighted by Gasteiger charge is -2.29. The maximum absolute atomic E-state index is 13.3. The zero-order valence-electron chi connectivity index (χ0n) is 16.6. The van der Waals surface area contributed by atoms with Crippen LogP contribution in [0.1, 0.15) is 22.3 Å². The number of carbonyl (C=O) groups is 2. The molecule has 1 aliphatic heterocycles. The summed E-state index contributed by atoms with van der Waals surface area (Å²) in [6, 6.07) is 12.9. The normalized spacial score (nSPS) is 13.8. The number of para-hydroxylation sites is 1. The molecule has 0 radical (unpaired) electrons. The molecule has 1 aliphatic rings. The average Bonchev–Trinajstić information content (AvgIpc) is 2.77. The standard InChI is InChI=1S/C22H26FN3O3/c1-29-20-5-3-2-4-18(20)16-26(22(28)17-6-8-19(23)9-7-17)13-10-21(27)25-14-11-24-12-15-25/h2-9,24H,10-16H2,1H3. The quantitative estimate of drug-likeness (QED) is 0.776. The summed E-state index contributed by atoms with van der Waals surface area (Å²) in [6.45, 7) is 3.50. The third-order valence-corrected chi connectivity index (χ3v) is 5.00. The number of rotatable bonds is 7. The molecule has 2 aromatic carbocycles. The van der Waals surface area contributed by atoms with Gasteiger partial charge in [0.1, 0.15) is 11.6 Å². The van der Waals surface area contributed by atoms with Gasteiger partial charge in [-0.2, -0.15) is 0 Å². The predicted octanol–water partition coefficient (Wildman–Crippen LogP) is 2.30. The third kappa shape index (κ3) is 5.54. The number of amides is 2. The zero-order valence-corrected chi connectivity index (χ0v) is 16.6. The fourth-order valence-electron chi connectivity index (χ4n) is 3.37. The van der Waals surface area contributed by atoms with Crippen molar-refractivity contribution >= 4 is 11.8 Å². The number of benzene rings is 2. The number of piperazine rings is 1. The van der Waals surface area contributed by atoms with Crippen LogP contribution in [0.4, 0.5) is 4.39 Å². The van der Waals surface area contributed by atoms with Gasteiger partial charge in [-0.15, -0.1) is 0 Å². The molecule has 1 saturated heterocycles. The van der Waals surface area contributed by atoms with Crippen molar-refractivity contribution in [3.05, 3.63) is 65.5 Å². The molecule has 3 rings (SSSR count). The molecule has 2 amide bonds. The molecule has 1 heterocycles. The van der Waals surface area contributed by atoms with Gasteiger partial charge >= 0.3 is 0 Å². The van der Waals surface area contributed by atoms with Gasteiger partial charge in [-0.1, -0.05) is 18.2 Å². The zero-order chi connectivity index (χ0) is 20.6. The molecule has 0 spiro atoms. The first-order chi connectivity index (χ1) is 14.1. The molecular weight excluding hydrogens is 373 g/mol. The van der Waals surface area contributed by atoms with Gasteiger partial charge in [0.15, 0.2) is 0 Å². The van der Waals surface area contributed by atoms with Crippen LogP contribution < -0.4 is 10.1 Å². The Labute approximate surface area is 170 Å².